The van der Waals surface area contributed by atoms with Crippen LogP contribution in [0.2, 0.25) is 0 Å². The van der Waals surface area contributed by atoms with Crippen LogP contribution in [0.15, 0.2) is 212 Å². The van der Waals surface area contributed by atoms with Gasteiger partial charge in [0.25, 0.3) is 0 Å². The largest absolute Gasteiger partial charge is 0.311 e. The quantitative estimate of drug-likeness (QED) is 0.160. The van der Waals surface area contributed by atoms with Gasteiger partial charge in [-0.05, 0) is 104 Å². The molecule has 1 heterocycles. The normalized spacial score (nSPS) is 11.3. The average Bonchev–Trinajstić information content (AvgIpc) is 3.64. The minimum atomic E-state index is 1.11. The summed E-state index contributed by atoms with van der Waals surface area (Å²) in [6.07, 6.45) is 0. The molecule has 1 aromatic heterocycles. The van der Waals surface area contributed by atoms with Gasteiger partial charge in [-0.2, -0.15) is 0 Å². The molecule has 0 aliphatic rings. The van der Waals surface area contributed by atoms with E-state index < -0.39 is 0 Å². The Hall–Kier alpha value is -6.74. The summed E-state index contributed by atoms with van der Waals surface area (Å²) < 4.78 is 2.66. The fraction of sp³-hybridized carbons (Fsp3) is 0. The Morgan fingerprint density at radius 3 is 1.52 bits per heavy atom. The maximum absolute atomic E-state index is 2.36. The minimum Gasteiger partial charge on any atom is -0.311 e. The highest BCUT2D eigenvalue weighted by Gasteiger charge is 2.16. The monoisotopic (exact) mass is 705 g/mol. The van der Waals surface area contributed by atoms with Crippen molar-refractivity contribution in [2.45, 2.75) is 0 Å². The van der Waals surface area contributed by atoms with Gasteiger partial charge in [-0.3, -0.25) is 0 Å². The molecule has 0 fully saturated rings. The molecule has 9 aromatic carbocycles. The lowest BCUT2D eigenvalue weighted by Crippen LogP contribution is -2.09. The van der Waals surface area contributed by atoms with Gasteiger partial charge in [-0.15, -0.1) is 11.3 Å². The van der Waals surface area contributed by atoms with E-state index in [9.17, 15) is 0 Å². The first-order valence-corrected chi connectivity index (χ1v) is 19.2. The van der Waals surface area contributed by atoms with Gasteiger partial charge in [0, 0.05) is 37.2 Å². The van der Waals surface area contributed by atoms with Crippen LogP contribution in [-0.4, -0.2) is 0 Å². The summed E-state index contributed by atoms with van der Waals surface area (Å²) in [7, 11) is 0. The third-order valence-corrected chi connectivity index (χ3v) is 11.7. The van der Waals surface area contributed by atoms with Crippen molar-refractivity contribution >= 4 is 59.3 Å². The molecule has 254 valence electrons. The van der Waals surface area contributed by atoms with E-state index in [4.69, 9.17) is 0 Å². The summed E-state index contributed by atoms with van der Waals surface area (Å²) in [6, 6.07) is 77.0. The van der Waals surface area contributed by atoms with E-state index >= 15 is 0 Å². The number of anilines is 3. The van der Waals surface area contributed by atoms with Crippen LogP contribution in [0.1, 0.15) is 0 Å². The topological polar surface area (TPSA) is 3.24 Å². The zero-order valence-electron chi connectivity index (χ0n) is 29.6. The first kappa shape index (κ1) is 32.0. The van der Waals surface area contributed by atoms with E-state index in [0.717, 1.165) is 17.1 Å². The summed E-state index contributed by atoms with van der Waals surface area (Å²) >= 11 is 1.88. The number of nitrogens with zero attached hydrogens (tertiary/aromatic N) is 1. The average molecular weight is 706 g/mol. The van der Waals surface area contributed by atoms with Gasteiger partial charge in [0.15, 0.2) is 0 Å². The zero-order valence-corrected chi connectivity index (χ0v) is 30.4. The van der Waals surface area contributed by atoms with Gasteiger partial charge in [0.1, 0.15) is 0 Å². The van der Waals surface area contributed by atoms with Gasteiger partial charge in [-0.25, -0.2) is 0 Å². The highest BCUT2D eigenvalue weighted by atomic mass is 32.1. The van der Waals surface area contributed by atoms with E-state index in [1.807, 2.05) is 11.3 Å². The van der Waals surface area contributed by atoms with Crippen LogP contribution >= 0.6 is 11.3 Å². The van der Waals surface area contributed by atoms with Gasteiger partial charge in [-0.1, -0.05) is 164 Å². The van der Waals surface area contributed by atoms with Crippen LogP contribution in [0.4, 0.5) is 17.1 Å². The molecule has 54 heavy (non-hydrogen) atoms. The number of fused-ring (bicyclic) bond motifs is 4. The lowest BCUT2D eigenvalue weighted by molar-refractivity contribution is 1.28. The zero-order chi connectivity index (χ0) is 35.8. The summed E-state index contributed by atoms with van der Waals surface area (Å²) in [4.78, 5) is 2.36. The fourth-order valence-electron chi connectivity index (χ4n) is 7.79. The lowest BCUT2D eigenvalue weighted by Gasteiger charge is -2.26. The lowest BCUT2D eigenvalue weighted by atomic mass is 9.95. The molecule has 0 saturated carbocycles. The molecule has 0 N–H and O–H groups in total. The molecule has 10 aromatic rings. The third kappa shape index (κ3) is 5.84. The second-order valence-corrected chi connectivity index (χ2v) is 14.8. The maximum atomic E-state index is 2.36. The SMILES string of the molecule is c1ccc(-c2ccc(N(c3ccc(-c4cccc(-c5cccc6ccccc56)c4)cc3)c3ccc(-c4cccc5c4sc4ccccc45)cc3)cc2)cc1. The molecule has 0 aliphatic heterocycles. The number of hydrogen-bond acceptors (Lipinski definition) is 2. The van der Waals surface area contributed by atoms with Crippen molar-refractivity contribution in [3.05, 3.63) is 212 Å². The van der Waals surface area contributed by atoms with E-state index in [-0.39, 0.29) is 0 Å². The molecule has 0 unspecified atom stereocenters. The third-order valence-electron chi connectivity index (χ3n) is 10.5. The molecule has 0 radical (unpaired) electrons. The van der Waals surface area contributed by atoms with E-state index in [1.165, 1.54) is 75.5 Å². The first-order valence-electron chi connectivity index (χ1n) is 18.4. The molecule has 0 aliphatic carbocycles. The minimum absolute atomic E-state index is 1.11. The van der Waals surface area contributed by atoms with Gasteiger partial charge >= 0.3 is 0 Å². The second-order valence-electron chi connectivity index (χ2n) is 13.7. The van der Waals surface area contributed by atoms with Crippen LogP contribution in [0, 0.1) is 0 Å². The number of thiophene rings is 1. The van der Waals surface area contributed by atoms with Crippen LogP contribution in [-0.2, 0) is 0 Å². The van der Waals surface area contributed by atoms with Gasteiger partial charge in [0.2, 0.25) is 0 Å². The van der Waals surface area contributed by atoms with E-state index in [1.54, 1.807) is 0 Å². The van der Waals surface area contributed by atoms with Crippen molar-refractivity contribution in [1.29, 1.82) is 0 Å². The summed E-state index contributed by atoms with van der Waals surface area (Å²) in [6.45, 7) is 0. The predicted octanol–water partition coefficient (Wildman–Crippen LogP) is 15.3. The summed E-state index contributed by atoms with van der Waals surface area (Å²) in [5.74, 6) is 0. The van der Waals surface area contributed by atoms with Crippen LogP contribution in [0.3, 0.4) is 0 Å². The molecule has 0 amide bonds. The summed E-state index contributed by atoms with van der Waals surface area (Å²) in [5.41, 5.74) is 13.1. The highest BCUT2D eigenvalue weighted by molar-refractivity contribution is 7.26. The molecule has 2 heteroatoms. The smallest absolute Gasteiger partial charge is 0.0462 e. The second kappa shape index (κ2) is 13.7. The molecular formula is C52H35NS. The van der Waals surface area contributed by atoms with E-state index in [2.05, 4.69) is 217 Å². The Balaban J connectivity index is 1.02. The van der Waals surface area contributed by atoms with Crippen molar-refractivity contribution in [3.8, 4) is 44.5 Å². The van der Waals surface area contributed by atoms with Crippen molar-refractivity contribution in [2.24, 2.45) is 0 Å². The predicted molar refractivity (Wildman–Crippen MR) is 233 cm³/mol. The molecule has 10 rings (SSSR count). The Bertz CT molecular complexity index is 2900. The number of benzene rings is 9. The van der Waals surface area contributed by atoms with Crippen molar-refractivity contribution < 1.29 is 0 Å². The number of rotatable bonds is 7. The Morgan fingerprint density at radius 1 is 0.296 bits per heavy atom. The Labute approximate surface area is 319 Å². The standard InChI is InChI=1S/C52H35NS/c1-2-11-36(12-3-1)37-23-29-43(30-24-37)53(45-33-27-40(28-34-45)48-20-10-21-50-49-18-6-7-22-51(49)54-52(48)50)44-31-25-38(26-32-44)41-15-8-16-42(35-41)47-19-9-14-39-13-4-5-17-46(39)47/h1-35H. The van der Waals surface area contributed by atoms with Crippen LogP contribution < -0.4 is 4.90 Å². The van der Waals surface area contributed by atoms with Crippen LogP contribution in [0.25, 0.3) is 75.5 Å². The molecule has 0 atom stereocenters. The Kier molecular flexibility index (Phi) is 8.09. The molecule has 1 nitrogen and oxygen atoms in total. The molecule has 0 saturated heterocycles. The molecular weight excluding hydrogens is 671 g/mol. The maximum Gasteiger partial charge on any atom is 0.0462 e. The Morgan fingerprint density at radius 2 is 0.778 bits per heavy atom. The van der Waals surface area contributed by atoms with Crippen molar-refractivity contribution in [1.82, 2.24) is 0 Å². The molecule has 0 bridgehead atoms. The number of hydrogen-bond donors (Lipinski definition) is 0. The van der Waals surface area contributed by atoms with Crippen molar-refractivity contribution in [2.75, 3.05) is 4.90 Å². The van der Waals surface area contributed by atoms with Gasteiger partial charge < -0.3 is 4.90 Å². The van der Waals surface area contributed by atoms with Crippen molar-refractivity contribution in [3.63, 3.8) is 0 Å². The first-order chi connectivity index (χ1) is 26.8. The fourth-order valence-corrected chi connectivity index (χ4v) is 9.03. The van der Waals surface area contributed by atoms with E-state index in [0.29, 0.717) is 0 Å². The highest BCUT2D eigenvalue weighted by Crippen LogP contribution is 2.42. The van der Waals surface area contributed by atoms with Gasteiger partial charge in [0.05, 0.1) is 0 Å². The molecule has 0 spiro atoms. The van der Waals surface area contributed by atoms with Crippen LogP contribution in [0.5, 0.6) is 0 Å². The summed E-state index contributed by atoms with van der Waals surface area (Å²) in [5, 5.41) is 5.17.